The van der Waals surface area contributed by atoms with Crippen LogP contribution in [-0.2, 0) is 11.3 Å². The molecule has 0 bridgehead atoms. The Balaban J connectivity index is 1.78. The zero-order valence-corrected chi connectivity index (χ0v) is 16.4. The highest BCUT2D eigenvalue weighted by atomic mass is 32.2. The molecule has 4 nitrogen and oxygen atoms in total. The van der Waals surface area contributed by atoms with Crippen molar-refractivity contribution in [3.8, 4) is 11.5 Å². The van der Waals surface area contributed by atoms with Crippen LogP contribution < -0.4 is 9.47 Å². The van der Waals surface area contributed by atoms with Gasteiger partial charge in [-0.3, -0.25) is 9.69 Å². The van der Waals surface area contributed by atoms with Gasteiger partial charge >= 0.3 is 0 Å². The molecule has 1 aliphatic heterocycles. The third-order valence-electron chi connectivity index (χ3n) is 4.09. The Morgan fingerprint density at radius 1 is 1.12 bits per heavy atom. The van der Waals surface area contributed by atoms with E-state index in [2.05, 4.69) is 0 Å². The van der Waals surface area contributed by atoms with Crippen LogP contribution in [0, 0.1) is 6.92 Å². The van der Waals surface area contributed by atoms with Crippen LogP contribution in [0.2, 0.25) is 0 Å². The maximum absolute atomic E-state index is 12.8. The largest absolute Gasteiger partial charge is 0.497 e. The Hall–Kier alpha value is -2.31. The summed E-state index contributed by atoms with van der Waals surface area (Å²) in [6.45, 7) is 2.43. The topological polar surface area (TPSA) is 38.8 Å². The number of ether oxygens (including phenoxy) is 2. The molecule has 6 heteroatoms. The minimum atomic E-state index is -0.0655. The molecular formula is C20H19NO3S2. The van der Waals surface area contributed by atoms with Gasteiger partial charge in [-0.15, -0.1) is 0 Å². The van der Waals surface area contributed by atoms with E-state index in [9.17, 15) is 4.79 Å². The fourth-order valence-electron chi connectivity index (χ4n) is 2.69. The summed E-state index contributed by atoms with van der Waals surface area (Å²) < 4.78 is 11.0. The lowest BCUT2D eigenvalue weighted by Gasteiger charge is -2.14. The second kappa shape index (κ2) is 7.93. The third kappa shape index (κ3) is 3.92. The number of methoxy groups -OCH3 is 2. The van der Waals surface area contributed by atoms with Crippen molar-refractivity contribution in [3.63, 3.8) is 0 Å². The Bertz CT molecular complexity index is 875. The molecule has 1 heterocycles. The monoisotopic (exact) mass is 385 g/mol. The molecule has 0 N–H and O–H groups in total. The number of carbonyl (C=O) groups excluding carboxylic acids is 1. The van der Waals surface area contributed by atoms with Gasteiger partial charge in [0.1, 0.15) is 15.8 Å². The van der Waals surface area contributed by atoms with E-state index >= 15 is 0 Å². The number of amides is 1. The van der Waals surface area contributed by atoms with Gasteiger partial charge in [0.25, 0.3) is 5.91 Å². The first-order chi connectivity index (χ1) is 12.5. The van der Waals surface area contributed by atoms with E-state index < -0.39 is 0 Å². The van der Waals surface area contributed by atoms with Crippen molar-refractivity contribution >= 4 is 40.3 Å². The van der Waals surface area contributed by atoms with Crippen LogP contribution >= 0.6 is 24.0 Å². The van der Waals surface area contributed by atoms with Gasteiger partial charge < -0.3 is 9.47 Å². The first kappa shape index (κ1) is 18.5. The maximum atomic E-state index is 12.8. The zero-order valence-electron chi connectivity index (χ0n) is 14.8. The van der Waals surface area contributed by atoms with Crippen LogP contribution in [0.25, 0.3) is 6.08 Å². The molecule has 134 valence electrons. The quantitative estimate of drug-likeness (QED) is 0.563. The summed E-state index contributed by atoms with van der Waals surface area (Å²) in [4.78, 5) is 15.0. The maximum Gasteiger partial charge on any atom is 0.266 e. The lowest BCUT2D eigenvalue weighted by Crippen LogP contribution is -2.27. The molecule has 26 heavy (non-hydrogen) atoms. The summed E-state index contributed by atoms with van der Waals surface area (Å²) in [5.74, 6) is 1.55. The van der Waals surface area contributed by atoms with E-state index in [4.69, 9.17) is 21.7 Å². The number of nitrogens with zero attached hydrogens (tertiary/aromatic N) is 1. The number of thioether (sulfide) groups is 1. The molecular weight excluding hydrogens is 366 g/mol. The fourth-order valence-corrected chi connectivity index (χ4v) is 3.95. The number of carbonyl (C=O) groups is 1. The van der Waals surface area contributed by atoms with Crippen molar-refractivity contribution in [1.82, 2.24) is 4.90 Å². The Kier molecular flexibility index (Phi) is 5.64. The zero-order chi connectivity index (χ0) is 18.7. The summed E-state index contributed by atoms with van der Waals surface area (Å²) in [7, 11) is 3.27. The van der Waals surface area contributed by atoms with E-state index in [-0.39, 0.29) is 5.91 Å². The number of rotatable bonds is 5. The van der Waals surface area contributed by atoms with Crippen LogP contribution in [0.15, 0.2) is 47.4 Å². The highest BCUT2D eigenvalue weighted by molar-refractivity contribution is 8.26. The predicted octanol–water partition coefficient (Wildman–Crippen LogP) is 4.41. The van der Waals surface area contributed by atoms with Crippen LogP contribution in [0.5, 0.6) is 11.5 Å². The number of hydrogen-bond donors (Lipinski definition) is 0. The van der Waals surface area contributed by atoms with Crippen LogP contribution in [0.4, 0.5) is 0 Å². The third-order valence-corrected chi connectivity index (χ3v) is 5.47. The van der Waals surface area contributed by atoms with Gasteiger partial charge in [-0.2, -0.15) is 0 Å². The number of aryl methyl sites for hydroxylation is 1. The van der Waals surface area contributed by atoms with Crippen LogP contribution in [0.3, 0.4) is 0 Å². The molecule has 1 aliphatic rings. The van der Waals surface area contributed by atoms with Crippen LogP contribution in [0.1, 0.15) is 16.7 Å². The summed E-state index contributed by atoms with van der Waals surface area (Å²) in [5.41, 5.74) is 2.98. The first-order valence-electron chi connectivity index (χ1n) is 8.04. The van der Waals surface area contributed by atoms with Gasteiger partial charge in [0.2, 0.25) is 0 Å². The van der Waals surface area contributed by atoms with E-state index in [1.165, 1.54) is 11.8 Å². The Morgan fingerprint density at radius 2 is 1.85 bits per heavy atom. The highest BCUT2D eigenvalue weighted by Gasteiger charge is 2.31. The van der Waals surface area contributed by atoms with Gasteiger partial charge in [-0.25, -0.2) is 0 Å². The fraction of sp³-hybridized carbons (Fsp3) is 0.200. The minimum Gasteiger partial charge on any atom is -0.497 e. The molecule has 2 aromatic carbocycles. The molecule has 1 fully saturated rings. The molecule has 0 radical (unpaired) electrons. The summed E-state index contributed by atoms with van der Waals surface area (Å²) >= 11 is 6.74. The second-order valence-electron chi connectivity index (χ2n) is 5.84. The standard InChI is InChI=1S/C20H19NO3S2/c1-13-10-15(6-9-17(13)24-3)11-18-19(22)21(20(25)26-18)12-14-4-7-16(23-2)8-5-14/h4-11H,12H2,1-3H3/b18-11-. The molecule has 0 atom stereocenters. The summed E-state index contributed by atoms with van der Waals surface area (Å²) in [6.07, 6.45) is 1.87. The van der Waals surface area contributed by atoms with Crippen molar-refractivity contribution in [3.05, 3.63) is 64.1 Å². The molecule has 0 saturated carbocycles. The molecule has 0 spiro atoms. The molecule has 0 unspecified atom stereocenters. The van der Waals surface area contributed by atoms with Crippen molar-refractivity contribution in [1.29, 1.82) is 0 Å². The minimum absolute atomic E-state index is 0.0655. The Morgan fingerprint density at radius 3 is 2.46 bits per heavy atom. The summed E-state index contributed by atoms with van der Waals surface area (Å²) in [6, 6.07) is 13.5. The lowest BCUT2D eigenvalue weighted by molar-refractivity contribution is -0.122. The van der Waals surface area contributed by atoms with Gasteiger partial charge in [-0.1, -0.05) is 42.2 Å². The highest BCUT2D eigenvalue weighted by Crippen LogP contribution is 2.34. The normalized spacial score (nSPS) is 15.7. The average molecular weight is 386 g/mol. The smallest absolute Gasteiger partial charge is 0.266 e. The SMILES string of the molecule is COc1ccc(CN2C(=O)/C(=C/c3ccc(OC)c(C)c3)SC2=S)cc1. The molecule has 1 saturated heterocycles. The molecule has 2 aromatic rings. The van der Waals surface area contributed by atoms with Gasteiger partial charge in [0, 0.05) is 0 Å². The second-order valence-corrected chi connectivity index (χ2v) is 7.52. The van der Waals surface area contributed by atoms with Gasteiger partial charge in [0.15, 0.2) is 0 Å². The molecule has 1 amide bonds. The first-order valence-corrected chi connectivity index (χ1v) is 9.27. The number of thiocarbonyl (C=S) groups is 1. The predicted molar refractivity (Wildman–Crippen MR) is 109 cm³/mol. The van der Waals surface area contributed by atoms with E-state index in [0.717, 1.165) is 28.2 Å². The number of hydrogen-bond acceptors (Lipinski definition) is 5. The van der Waals surface area contributed by atoms with E-state index in [1.54, 1.807) is 19.1 Å². The van der Waals surface area contributed by atoms with Crippen molar-refractivity contribution < 1.29 is 14.3 Å². The van der Waals surface area contributed by atoms with E-state index in [0.29, 0.717) is 15.8 Å². The lowest BCUT2D eigenvalue weighted by atomic mass is 10.1. The molecule has 3 rings (SSSR count). The van der Waals surface area contributed by atoms with Crippen molar-refractivity contribution in [2.45, 2.75) is 13.5 Å². The summed E-state index contributed by atoms with van der Waals surface area (Å²) in [5, 5.41) is 0. The van der Waals surface area contributed by atoms with Crippen LogP contribution in [-0.4, -0.2) is 29.3 Å². The Labute approximate surface area is 162 Å². The van der Waals surface area contributed by atoms with Gasteiger partial charge in [0.05, 0.1) is 25.7 Å². The van der Waals surface area contributed by atoms with E-state index in [1.807, 2.05) is 55.5 Å². The number of benzene rings is 2. The molecule has 0 aromatic heterocycles. The van der Waals surface area contributed by atoms with Crippen molar-refractivity contribution in [2.75, 3.05) is 14.2 Å². The molecule has 0 aliphatic carbocycles. The van der Waals surface area contributed by atoms with Crippen molar-refractivity contribution in [2.24, 2.45) is 0 Å². The van der Waals surface area contributed by atoms with Gasteiger partial charge in [-0.05, 0) is 54.0 Å². The average Bonchev–Trinajstić information content (AvgIpc) is 2.90.